The molecule has 5 nitrogen and oxygen atoms in total. The minimum Gasteiger partial charge on any atom is -0.351 e. The number of carbonyl (C=O) groups is 2. The van der Waals surface area contributed by atoms with Crippen LogP contribution < -0.4 is 5.32 Å². The molecule has 2 amide bonds. The third-order valence-electron chi connectivity index (χ3n) is 7.76. The van der Waals surface area contributed by atoms with E-state index in [4.69, 9.17) is 0 Å². The number of hydrogen-bond donors (Lipinski definition) is 1. The van der Waals surface area contributed by atoms with Gasteiger partial charge in [-0.05, 0) is 75.3 Å². The summed E-state index contributed by atoms with van der Waals surface area (Å²) in [6.45, 7) is 3.36. The van der Waals surface area contributed by atoms with Crippen molar-refractivity contribution in [2.45, 2.75) is 69.9 Å². The molecule has 2 unspecified atom stereocenters. The summed E-state index contributed by atoms with van der Waals surface area (Å²) in [7, 11) is 0. The molecule has 1 N–H and O–H groups in total. The van der Waals surface area contributed by atoms with Gasteiger partial charge in [-0.25, -0.2) is 0 Å². The minimum absolute atomic E-state index is 0.0621. The fourth-order valence-corrected chi connectivity index (χ4v) is 7.33. The van der Waals surface area contributed by atoms with E-state index in [9.17, 15) is 9.59 Å². The second kappa shape index (κ2) is 6.11. The molecule has 0 aromatic carbocycles. The molecular weight excluding hydrogens is 338 g/mol. The Balaban J connectivity index is 1.32. The van der Waals surface area contributed by atoms with Gasteiger partial charge in [0.15, 0.2) is 0 Å². The molecule has 2 heterocycles. The Morgan fingerprint density at radius 3 is 2.22 bits per heavy atom. The number of hydrogen-bond acceptors (Lipinski definition) is 2. The second-order valence-electron chi connectivity index (χ2n) is 9.86. The Morgan fingerprint density at radius 1 is 1.00 bits per heavy atom. The third-order valence-corrected chi connectivity index (χ3v) is 7.76. The molecule has 1 aromatic rings. The van der Waals surface area contributed by atoms with E-state index in [1.807, 2.05) is 0 Å². The fourth-order valence-electron chi connectivity index (χ4n) is 7.33. The highest BCUT2D eigenvalue weighted by atomic mass is 16.2. The number of carbonyl (C=O) groups excluding carboxylic acids is 2. The Morgan fingerprint density at radius 2 is 1.63 bits per heavy atom. The van der Waals surface area contributed by atoms with Gasteiger partial charge in [-0.1, -0.05) is 0 Å². The molecule has 5 aliphatic rings. The zero-order valence-electron chi connectivity index (χ0n) is 16.3. The first-order valence-electron chi connectivity index (χ1n) is 10.7. The molecule has 1 saturated heterocycles. The Hall–Kier alpha value is -1.78. The van der Waals surface area contributed by atoms with E-state index in [0.717, 1.165) is 58.0 Å². The van der Waals surface area contributed by atoms with Gasteiger partial charge in [0.25, 0.3) is 0 Å². The van der Waals surface area contributed by atoms with Gasteiger partial charge in [0.2, 0.25) is 11.8 Å². The van der Waals surface area contributed by atoms with Crippen LogP contribution in [-0.4, -0.2) is 39.9 Å². The van der Waals surface area contributed by atoms with Gasteiger partial charge in [0, 0.05) is 44.0 Å². The Labute approximate surface area is 161 Å². The molecule has 6 rings (SSSR count). The first-order chi connectivity index (χ1) is 13.0. The lowest BCUT2D eigenvalue weighted by Gasteiger charge is -2.62. The molecule has 0 spiro atoms. The molecule has 4 bridgehead atoms. The topological polar surface area (TPSA) is 54.3 Å². The number of nitrogens with one attached hydrogen (secondary N) is 1. The van der Waals surface area contributed by atoms with Gasteiger partial charge in [0.05, 0.1) is 5.41 Å². The highest BCUT2D eigenvalue weighted by Crippen LogP contribution is 2.62. The monoisotopic (exact) mass is 369 g/mol. The van der Waals surface area contributed by atoms with Crippen LogP contribution in [-0.2, 0) is 9.59 Å². The molecule has 1 aromatic heterocycles. The predicted molar refractivity (Wildman–Crippen MR) is 103 cm³/mol. The van der Waals surface area contributed by atoms with Crippen molar-refractivity contribution in [2.75, 3.05) is 13.1 Å². The molecule has 146 valence electrons. The van der Waals surface area contributed by atoms with Crippen molar-refractivity contribution in [3.8, 4) is 0 Å². The number of aromatic nitrogens is 1. The van der Waals surface area contributed by atoms with Crippen molar-refractivity contribution in [3.05, 3.63) is 24.5 Å². The molecule has 4 saturated carbocycles. The SMILES string of the molecule is CC(=O)NC12C[C@H]3C[C@@H](C1)CC(C(=O)N1CCC(n4cccc4)CC1)(C3)C2. The van der Waals surface area contributed by atoms with Crippen molar-refractivity contribution in [3.63, 3.8) is 0 Å². The summed E-state index contributed by atoms with van der Waals surface area (Å²) >= 11 is 0. The van der Waals surface area contributed by atoms with Crippen LogP contribution in [0.3, 0.4) is 0 Å². The van der Waals surface area contributed by atoms with Crippen LogP contribution in [0, 0.1) is 17.3 Å². The zero-order valence-corrected chi connectivity index (χ0v) is 16.3. The number of amides is 2. The largest absolute Gasteiger partial charge is 0.351 e. The van der Waals surface area contributed by atoms with Crippen LogP contribution in [0.1, 0.15) is 64.3 Å². The first-order valence-corrected chi connectivity index (χ1v) is 10.7. The van der Waals surface area contributed by atoms with Gasteiger partial charge >= 0.3 is 0 Å². The number of rotatable bonds is 3. The van der Waals surface area contributed by atoms with Crippen molar-refractivity contribution < 1.29 is 9.59 Å². The molecule has 0 radical (unpaired) electrons. The minimum atomic E-state index is -0.215. The van der Waals surface area contributed by atoms with Gasteiger partial charge in [-0.15, -0.1) is 0 Å². The van der Waals surface area contributed by atoms with Gasteiger partial charge in [0.1, 0.15) is 0 Å². The van der Waals surface area contributed by atoms with E-state index < -0.39 is 0 Å². The summed E-state index contributed by atoms with van der Waals surface area (Å²) in [6, 6.07) is 4.68. The third kappa shape index (κ3) is 2.90. The van der Waals surface area contributed by atoms with Crippen LogP contribution in [0.25, 0.3) is 0 Å². The molecular formula is C22H31N3O2. The maximum atomic E-state index is 13.7. The first kappa shape index (κ1) is 17.3. The maximum Gasteiger partial charge on any atom is 0.228 e. The van der Waals surface area contributed by atoms with E-state index in [0.29, 0.717) is 23.8 Å². The quantitative estimate of drug-likeness (QED) is 0.890. The summed E-state index contributed by atoms with van der Waals surface area (Å²) in [6.07, 6.45) is 12.7. The molecule has 27 heavy (non-hydrogen) atoms. The number of piperidine rings is 1. The Bertz CT molecular complexity index is 719. The summed E-state index contributed by atoms with van der Waals surface area (Å²) in [5.74, 6) is 1.67. The average Bonchev–Trinajstić information content (AvgIpc) is 3.13. The van der Waals surface area contributed by atoms with Crippen molar-refractivity contribution in [1.82, 2.24) is 14.8 Å². The summed E-state index contributed by atoms with van der Waals surface area (Å²) in [5, 5.41) is 3.28. The molecule has 4 aliphatic carbocycles. The van der Waals surface area contributed by atoms with Crippen molar-refractivity contribution in [1.29, 1.82) is 0 Å². The van der Waals surface area contributed by atoms with Crippen molar-refractivity contribution >= 4 is 11.8 Å². The fraction of sp³-hybridized carbons (Fsp3) is 0.727. The van der Waals surface area contributed by atoms with Crippen LogP contribution >= 0.6 is 0 Å². The van der Waals surface area contributed by atoms with Gasteiger partial charge in [-0.2, -0.15) is 0 Å². The zero-order chi connectivity index (χ0) is 18.6. The summed E-state index contributed by atoms with van der Waals surface area (Å²) < 4.78 is 2.29. The number of likely N-dealkylation sites (tertiary alicyclic amines) is 1. The van der Waals surface area contributed by atoms with E-state index >= 15 is 0 Å². The van der Waals surface area contributed by atoms with E-state index in [2.05, 4.69) is 39.3 Å². The Kier molecular flexibility index (Phi) is 3.92. The van der Waals surface area contributed by atoms with Gasteiger partial charge in [-0.3, -0.25) is 9.59 Å². The molecule has 5 heteroatoms. The standard InChI is InChI=1S/C22H31N3O2/c1-16(26)23-22-13-17-10-18(14-22)12-21(11-17,15-22)20(27)25-8-4-19(5-9-25)24-6-2-3-7-24/h2-3,6-7,17-19H,4-5,8-15H2,1H3,(H,23,26)/t17-,18+,21?,22?. The molecule has 4 atom stereocenters. The normalized spacial score (nSPS) is 38.2. The van der Waals surface area contributed by atoms with Crippen molar-refractivity contribution in [2.24, 2.45) is 17.3 Å². The predicted octanol–water partition coefficient (Wildman–Crippen LogP) is 3.13. The highest BCUT2D eigenvalue weighted by molar-refractivity contribution is 5.84. The summed E-state index contributed by atoms with van der Waals surface area (Å²) in [4.78, 5) is 27.7. The van der Waals surface area contributed by atoms with E-state index in [-0.39, 0.29) is 16.9 Å². The highest BCUT2D eigenvalue weighted by Gasteiger charge is 2.61. The number of nitrogens with zero attached hydrogens (tertiary/aromatic N) is 2. The smallest absolute Gasteiger partial charge is 0.228 e. The van der Waals surface area contributed by atoms with Crippen LogP contribution in [0.15, 0.2) is 24.5 Å². The second-order valence-corrected chi connectivity index (χ2v) is 9.86. The summed E-state index contributed by atoms with van der Waals surface area (Å²) in [5.41, 5.74) is -0.331. The van der Waals surface area contributed by atoms with E-state index in [1.165, 1.54) is 6.42 Å². The van der Waals surface area contributed by atoms with Crippen LogP contribution in [0.4, 0.5) is 0 Å². The van der Waals surface area contributed by atoms with Gasteiger partial charge < -0.3 is 14.8 Å². The van der Waals surface area contributed by atoms with E-state index in [1.54, 1.807) is 6.92 Å². The molecule has 5 fully saturated rings. The van der Waals surface area contributed by atoms with Crippen LogP contribution in [0.2, 0.25) is 0 Å². The van der Waals surface area contributed by atoms with Crippen LogP contribution in [0.5, 0.6) is 0 Å². The lowest BCUT2D eigenvalue weighted by atomic mass is 9.46. The molecule has 1 aliphatic heterocycles. The average molecular weight is 370 g/mol. The maximum absolute atomic E-state index is 13.7. The lowest BCUT2D eigenvalue weighted by Crippen LogP contribution is -2.66. The lowest BCUT2D eigenvalue weighted by molar-refractivity contribution is -0.164.